The smallest absolute Gasteiger partial charge is 0.240 e. The van der Waals surface area contributed by atoms with Crippen LogP contribution in [-0.2, 0) is 16.6 Å². The summed E-state index contributed by atoms with van der Waals surface area (Å²) in [5.41, 5.74) is 6.72. The number of hydrogen-bond donors (Lipinski definition) is 2. The zero-order valence-corrected chi connectivity index (χ0v) is 15.4. The Labute approximate surface area is 140 Å². The summed E-state index contributed by atoms with van der Waals surface area (Å²) in [6, 6.07) is 6.95. The fraction of sp³-hybridized carbons (Fsp3) is 0.600. The zero-order valence-electron chi connectivity index (χ0n) is 13.8. The third-order valence-corrected chi connectivity index (χ3v) is 5.17. The molecule has 0 saturated heterocycles. The second kappa shape index (κ2) is 8.84. The molecule has 0 spiro atoms. The summed E-state index contributed by atoms with van der Waals surface area (Å²) in [5, 5.41) is 0. The molecule has 0 aliphatic heterocycles. The van der Waals surface area contributed by atoms with E-state index in [9.17, 15) is 8.42 Å². The van der Waals surface area contributed by atoms with E-state index in [2.05, 4.69) is 4.72 Å². The second-order valence-corrected chi connectivity index (χ2v) is 7.54. The molecule has 7 heteroatoms. The lowest BCUT2D eigenvalue weighted by atomic mass is 9.95. The highest BCUT2D eigenvalue weighted by molar-refractivity contribution is 7.89. The summed E-state index contributed by atoms with van der Waals surface area (Å²) in [5.74, 6) is 0. The maximum Gasteiger partial charge on any atom is 0.240 e. The van der Waals surface area contributed by atoms with Gasteiger partial charge in [0.1, 0.15) is 0 Å². The summed E-state index contributed by atoms with van der Waals surface area (Å²) >= 11 is 0. The van der Waals surface area contributed by atoms with Gasteiger partial charge in [-0.1, -0.05) is 26.0 Å². The largest absolute Gasteiger partial charge is 0.324 e. The van der Waals surface area contributed by atoms with Crippen molar-refractivity contribution in [3.05, 3.63) is 29.8 Å². The van der Waals surface area contributed by atoms with Crippen LogP contribution in [0.4, 0.5) is 0 Å². The maximum absolute atomic E-state index is 12.3. The predicted octanol–water partition coefficient (Wildman–Crippen LogP) is 1.97. The first-order valence-corrected chi connectivity index (χ1v) is 8.73. The van der Waals surface area contributed by atoms with Gasteiger partial charge in [-0.2, -0.15) is 0 Å². The molecule has 0 aromatic heterocycles. The summed E-state index contributed by atoms with van der Waals surface area (Å²) in [6.07, 6.45) is 1.46. The summed E-state index contributed by atoms with van der Waals surface area (Å²) in [7, 11) is 0.447. The van der Waals surface area contributed by atoms with Crippen molar-refractivity contribution in [1.82, 2.24) is 9.62 Å². The Kier molecular flexibility index (Phi) is 8.57. The molecule has 3 N–H and O–H groups in total. The lowest BCUT2D eigenvalue weighted by Crippen LogP contribution is -2.49. The van der Waals surface area contributed by atoms with Crippen molar-refractivity contribution in [3.63, 3.8) is 0 Å². The summed E-state index contributed by atoms with van der Waals surface area (Å²) in [6.45, 7) is 4.97. The number of hydrogen-bond acceptors (Lipinski definition) is 4. The quantitative estimate of drug-likeness (QED) is 0.752. The molecule has 128 valence electrons. The first-order chi connectivity index (χ1) is 9.72. The van der Waals surface area contributed by atoms with Gasteiger partial charge in [0.25, 0.3) is 0 Å². The van der Waals surface area contributed by atoms with Gasteiger partial charge in [-0.05, 0) is 44.6 Å². The van der Waals surface area contributed by atoms with Gasteiger partial charge in [0.05, 0.1) is 4.90 Å². The van der Waals surface area contributed by atoms with Crippen LogP contribution in [0, 0.1) is 0 Å². The molecular weight excluding hydrogens is 322 g/mol. The van der Waals surface area contributed by atoms with Gasteiger partial charge in [-0.3, -0.25) is 0 Å². The van der Waals surface area contributed by atoms with E-state index in [0.29, 0.717) is 0 Å². The molecule has 5 nitrogen and oxygen atoms in total. The molecule has 0 fully saturated rings. The first kappa shape index (κ1) is 21.3. The van der Waals surface area contributed by atoms with E-state index in [1.165, 1.54) is 0 Å². The van der Waals surface area contributed by atoms with E-state index < -0.39 is 15.6 Å². The number of nitrogens with two attached hydrogens (primary N) is 1. The predicted molar refractivity (Wildman–Crippen MR) is 93.8 cm³/mol. The molecule has 1 rings (SSSR count). The van der Waals surface area contributed by atoms with E-state index in [4.69, 9.17) is 5.73 Å². The Morgan fingerprint density at radius 1 is 1.14 bits per heavy atom. The Hall–Kier alpha value is -0.660. The van der Waals surface area contributed by atoms with Crippen molar-refractivity contribution < 1.29 is 8.42 Å². The number of rotatable bonds is 8. The highest BCUT2D eigenvalue weighted by Crippen LogP contribution is 2.14. The Morgan fingerprint density at radius 2 is 1.64 bits per heavy atom. The number of sulfonamides is 1. The zero-order chi connectivity index (χ0) is 16.1. The fourth-order valence-electron chi connectivity index (χ4n) is 1.96. The molecule has 0 aliphatic rings. The van der Waals surface area contributed by atoms with Crippen LogP contribution in [0.15, 0.2) is 29.2 Å². The third kappa shape index (κ3) is 6.22. The van der Waals surface area contributed by atoms with E-state index >= 15 is 0 Å². The van der Waals surface area contributed by atoms with Crippen LogP contribution in [-0.4, -0.2) is 39.5 Å². The Bertz CT molecular complexity index is 540. The van der Waals surface area contributed by atoms with Crippen LogP contribution in [0.25, 0.3) is 0 Å². The SMILES string of the molecule is CCC(N)(CC)CNS(=O)(=O)c1ccc(CN(C)C)cc1.Cl. The molecule has 0 amide bonds. The van der Waals surface area contributed by atoms with Gasteiger partial charge >= 0.3 is 0 Å². The van der Waals surface area contributed by atoms with Gasteiger partial charge in [0, 0.05) is 18.6 Å². The molecule has 0 aliphatic carbocycles. The highest BCUT2D eigenvalue weighted by atomic mass is 35.5. The third-order valence-electron chi connectivity index (χ3n) is 3.75. The van der Waals surface area contributed by atoms with Crippen molar-refractivity contribution >= 4 is 22.4 Å². The molecule has 0 radical (unpaired) electrons. The number of benzene rings is 1. The fourth-order valence-corrected chi connectivity index (χ4v) is 3.10. The normalized spacial score (nSPS) is 12.3. The molecule has 0 unspecified atom stereocenters. The molecule has 0 bridgehead atoms. The number of nitrogens with one attached hydrogen (secondary N) is 1. The number of halogens is 1. The van der Waals surface area contributed by atoms with Crippen LogP contribution >= 0.6 is 12.4 Å². The van der Waals surface area contributed by atoms with E-state index in [0.717, 1.165) is 24.9 Å². The van der Waals surface area contributed by atoms with E-state index in [1.807, 2.05) is 45.0 Å². The minimum absolute atomic E-state index is 0. The van der Waals surface area contributed by atoms with Crippen LogP contribution in [0.3, 0.4) is 0 Å². The van der Waals surface area contributed by atoms with Crippen LogP contribution in [0.1, 0.15) is 32.3 Å². The van der Waals surface area contributed by atoms with E-state index in [-0.39, 0.29) is 23.8 Å². The number of nitrogens with zero attached hydrogens (tertiary/aromatic N) is 1. The monoisotopic (exact) mass is 349 g/mol. The maximum atomic E-state index is 12.3. The highest BCUT2D eigenvalue weighted by Gasteiger charge is 2.23. The minimum atomic E-state index is -3.50. The molecule has 0 saturated carbocycles. The van der Waals surface area contributed by atoms with Gasteiger partial charge in [-0.25, -0.2) is 13.1 Å². The minimum Gasteiger partial charge on any atom is -0.324 e. The molecule has 0 heterocycles. The van der Waals surface area contributed by atoms with Gasteiger partial charge < -0.3 is 10.6 Å². The van der Waals surface area contributed by atoms with Crippen LogP contribution < -0.4 is 10.5 Å². The van der Waals surface area contributed by atoms with Crippen LogP contribution in [0.2, 0.25) is 0 Å². The van der Waals surface area contributed by atoms with Crippen molar-refractivity contribution in [2.75, 3.05) is 20.6 Å². The lowest BCUT2D eigenvalue weighted by Gasteiger charge is -2.26. The molecule has 1 aromatic carbocycles. The van der Waals surface area contributed by atoms with Crippen molar-refractivity contribution in [1.29, 1.82) is 0 Å². The average Bonchev–Trinajstić information content (AvgIpc) is 2.45. The van der Waals surface area contributed by atoms with Crippen molar-refractivity contribution in [2.45, 2.75) is 43.7 Å². The average molecular weight is 350 g/mol. The lowest BCUT2D eigenvalue weighted by molar-refractivity contribution is 0.391. The standard InChI is InChI=1S/C15H27N3O2S.ClH/c1-5-15(16,6-2)12-17-21(19,20)14-9-7-13(8-10-14)11-18(3)4;/h7-10,17H,5-6,11-12,16H2,1-4H3;1H. The van der Waals surface area contributed by atoms with Crippen molar-refractivity contribution in [2.24, 2.45) is 5.73 Å². The Balaban J connectivity index is 0.00000441. The van der Waals surface area contributed by atoms with Gasteiger partial charge in [0.15, 0.2) is 0 Å². The second-order valence-electron chi connectivity index (χ2n) is 5.78. The molecule has 0 atom stereocenters. The summed E-state index contributed by atoms with van der Waals surface area (Å²) < 4.78 is 27.1. The molecule has 22 heavy (non-hydrogen) atoms. The van der Waals surface area contributed by atoms with E-state index in [1.54, 1.807) is 12.1 Å². The summed E-state index contributed by atoms with van der Waals surface area (Å²) in [4.78, 5) is 2.31. The molecule has 1 aromatic rings. The molecular formula is C15H28ClN3O2S. The van der Waals surface area contributed by atoms with Gasteiger partial charge in [0.2, 0.25) is 10.0 Å². The topological polar surface area (TPSA) is 75.4 Å². The Morgan fingerprint density at radius 3 is 2.05 bits per heavy atom. The first-order valence-electron chi connectivity index (χ1n) is 7.24. The van der Waals surface area contributed by atoms with Gasteiger partial charge in [-0.15, -0.1) is 12.4 Å². The van der Waals surface area contributed by atoms with Crippen molar-refractivity contribution in [3.8, 4) is 0 Å². The van der Waals surface area contributed by atoms with Crippen LogP contribution in [0.5, 0.6) is 0 Å².